The number of nitriles is 1. The fourth-order valence-corrected chi connectivity index (χ4v) is 5.67. The van der Waals surface area contributed by atoms with Gasteiger partial charge in [-0.25, -0.2) is 9.50 Å². The Morgan fingerprint density at radius 3 is 2.56 bits per heavy atom. The molecule has 4 aromatic rings. The minimum absolute atomic E-state index is 0.583. The standard InChI is InChI=1S/C28H28N6/c1-3-20-6-4-5-7-22(20)16-33-24-11-25(33)18-32(17-24)27-9-8-21(13-30-27)26-10-19(2)15-34-28(26)23(12-29)14-31-34/h4-10,13-15,24-25H,3,11,16-18H2,1-2H3. The Balaban J connectivity index is 1.20. The van der Waals surface area contributed by atoms with Gasteiger partial charge in [0.15, 0.2) is 0 Å². The van der Waals surface area contributed by atoms with Crippen molar-refractivity contribution in [3.63, 3.8) is 0 Å². The highest BCUT2D eigenvalue weighted by Gasteiger charge is 2.44. The number of nitrogens with zero attached hydrogens (tertiary/aromatic N) is 6. The smallest absolute Gasteiger partial charge is 0.128 e. The minimum atomic E-state index is 0.583. The van der Waals surface area contributed by atoms with E-state index in [0.29, 0.717) is 17.6 Å². The number of benzene rings is 1. The molecule has 6 heterocycles. The lowest BCUT2D eigenvalue weighted by molar-refractivity contribution is -0.00886. The second-order valence-corrected chi connectivity index (χ2v) is 9.54. The normalized spacial score (nSPS) is 19.7. The lowest BCUT2D eigenvalue weighted by Gasteiger charge is -2.57. The second-order valence-electron chi connectivity index (χ2n) is 9.54. The van der Waals surface area contributed by atoms with Crippen LogP contribution in [0, 0.1) is 18.3 Å². The fourth-order valence-electron chi connectivity index (χ4n) is 5.67. The molecule has 3 saturated heterocycles. The molecule has 0 radical (unpaired) electrons. The van der Waals surface area contributed by atoms with Crippen LogP contribution in [-0.2, 0) is 13.0 Å². The van der Waals surface area contributed by atoms with Crippen molar-refractivity contribution in [3.05, 3.63) is 83.3 Å². The topological polar surface area (TPSA) is 60.5 Å². The summed E-state index contributed by atoms with van der Waals surface area (Å²) in [6, 6.07) is 18.6. The number of hydrogen-bond acceptors (Lipinski definition) is 5. The molecule has 2 atom stereocenters. The predicted octanol–water partition coefficient (Wildman–Crippen LogP) is 4.60. The summed E-state index contributed by atoms with van der Waals surface area (Å²) < 4.78 is 1.79. The summed E-state index contributed by atoms with van der Waals surface area (Å²) in [4.78, 5) is 9.94. The van der Waals surface area contributed by atoms with E-state index in [2.05, 4.69) is 70.4 Å². The van der Waals surface area contributed by atoms with Crippen LogP contribution in [-0.4, -0.2) is 44.7 Å². The average molecular weight is 449 g/mol. The Kier molecular flexibility index (Phi) is 5.08. The molecule has 170 valence electrons. The molecule has 2 unspecified atom stereocenters. The molecule has 3 aromatic heterocycles. The largest absolute Gasteiger partial charge is 0.353 e. The molecule has 34 heavy (non-hydrogen) atoms. The Morgan fingerprint density at radius 1 is 1.06 bits per heavy atom. The van der Waals surface area contributed by atoms with Crippen molar-refractivity contribution in [3.8, 4) is 17.2 Å². The summed E-state index contributed by atoms with van der Waals surface area (Å²) in [5.41, 5.74) is 7.45. The molecule has 0 N–H and O–H groups in total. The molecule has 7 rings (SSSR count). The highest BCUT2D eigenvalue weighted by molar-refractivity contribution is 5.84. The summed E-state index contributed by atoms with van der Waals surface area (Å²) in [6.45, 7) is 7.38. The molecule has 0 spiro atoms. The number of piperidine rings is 1. The maximum absolute atomic E-state index is 9.52. The van der Waals surface area contributed by atoms with Crippen LogP contribution in [0.2, 0.25) is 0 Å². The summed E-state index contributed by atoms with van der Waals surface area (Å²) in [6.07, 6.45) is 7.89. The highest BCUT2D eigenvalue weighted by Crippen LogP contribution is 2.36. The van der Waals surface area contributed by atoms with Gasteiger partial charge in [0.1, 0.15) is 11.9 Å². The van der Waals surface area contributed by atoms with Crippen LogP contribution < -0.4 is 4.90 Å². The van der Waals surface area contributed by atoms with Crippen molar-refractivity contribution < 1.29 is 0 Å². The van der Waals surface area contributed by atoms with Gasteiger partial charge in [-0.2, -0.15) is 10.4 Å². The van der Waals surface area contributed by atoms with E-state index in [4.69, 9.17) is 4.98 Å². The van der Waals surface area contributed by atoms with Gasteiger partial charge in [-0.3, -0.25) is 4.90 Å². The van der Waals surface area contributed by atoms with E-state index in [1.807, 2.05) is 19.3 Å². The van der Waals surface area contributed by atoms with E-state index >= 15 is 0 Å². The molecule has 0 saturated carbocycles. The van der Waals surface area contributed by atoms with Gasteiger partial charge in [-0.15, -0.1) is 0 Å². The van der Waals surface area contributed by atoms with Crippen LogP contribution in [0.25, 0.3) is 16.6 Å². The highest BCUT2D eigenvalue weighted by atomic mass is 15.4. The van der Waals surface area contributed by atoms with Crippen molar-refractivity contribution in [1.29, 1.82) is 5.26 Å². The maximum Gasteiger partial charge on any atom is 0.128 e. The zero-order valence-corrected chi connectivity index (χ0v) is 19.6. The zero-order chi connectivity index (χ0) is 23.2. The third-order valence-corrected chi connectivity index (χ3v) is 7.45. The summed E-state index contributed by atoms with van der Waals surface area (Å²) >= 11 is 0. The van der Waals surface area contributed by atoms with E-state index in [9.17, 15) is 5.26 Å². The molecular formula is C28H28N6. The molecule has 6 heteroatoms. The Morgan fingerprint density at radius 2 is 1.85 bits per heavy atom. The van der Waals surface area contributed by atoms with E-state index < -0.39 is 0 Å². The monoisotopic (exact) mass is 448 g/mol. The average Bonchev–Trinajstić information content (AvgIpc) is 3.30. The molecule has 0 amide bonds. The number of pyridine rings is 2. The van der Waals surface area contributed by atoms with Gasteiger partial charge in [0.25, 0.3) is 0 Å². The molecule has 0 aliphatic carbocycles. The SMILES string of the molecule is CCc1ccccc1CN1C2CC1CN(c1ccc(-c3cc(C)cn4ncc(C#N)c34)cn1)C2. The van der Waals surface area contributed by atoms with E-state index in [1.165, 1.54) is 17.5 Å². The molecule has 1 aromatic carbocycles. The van der Waals surface area contributed by atoms with Gasteiger partial charge in [0.05, 0.1) is 17.3 Å². The van der Waals surface area contributed by atoms with Crippen molar-refractivity contribution in [2.45, 2.75) is 45.3 Å². The first kappa shape index (κ1) is 20.9. The fraction of sp³-hybridized carbons (Fsp3) is 0.321. The first-order valence-corrected chi connectivity index (χ1v) is 12.1. The van der Waals surface area contributed by atoms with Crippen molar-refractivity contribution in [1.82, 2.24) is 19.5 Å². The van der Waals surface area contributed by atoms with E-state index in [1.54, 1.807) is 10.7 Å². The van der Waals surface area contributed by atoms with Crippen LogP contribution in [0.15, 0.2) is 61.1 Å². The maximum atomic E-state index is 9.52. The van der Waals surface area contributed by atoms with Crippen LogP contribution in [0.4, 0.5) is 5.82 Å². The minimum Gasteiger partial charge on any atom is -0.353 e. The van der Waals surface area contributed by atoms with Gasteiger partial charge in [-0.1, -0.05) is 31.2 Å². The number of fused-ring (bicyclic) bond motifs is 3. The zero-order valence-electron chi connectivity index (χ0n) is 19.6. The van der Waals surface area contributed by atoms with E-state index in [-0.39, 0.29) is 0 Å². The summed E-state index contributed by atoms with van der Waals surface area (Å²) in [7, 11) is 0. The summed E-state index contributed by atoms with van der Waals surface area (Å²) in [5, 5.41) is 13.9. The lowest BCUT2D eigenvalue weighted by atomic mass is 9.86. The molecular weight excluding hydrogens is 420 g/mol. The van der Waals surface area contributed by atoms with Gasteiger partial charge < -0.3 is 4.90 Å². The molecule has 3 aliphatic rings. The van der Waals surface area contributed by atoms with Crippen molar-refractivity contribution in [2.75, 3.05) is 18.0 Å². The van der Waals surface area contributed by atoms with Crippen LogP contribution in [0.3, 0.4) is 0 Å². The molecule has 2 bridgehead atoms. The second kappa shape index (κ2) is 8.27. The van der Waals surface area contributed by atoms with Crippen molar-refractivity contribution >= 4 is 11.3 Å². The number of aromatic nitrogens is 3. The Hall–Kier alpha value is -3.69. The van der Waals surface area contributed by atoms with Gasteiger partial charge >= 0.3 is 0 Å². The quantitative estimate of drug-likeness (QED) is 0.447. The van der Waals surface area contributed by atoms with Crippen LogP contribution in [0.1, 0.15) is 35.6 Å². The third-order valence-electron chi connectivity index (χ3n) is 7.45. The predicted molar refractivity (Wildman–Crippen MR) is 134 cm³/mol. The van der Waals surface area contributed by atoms with Crippen molar-refractivity contribution in [2.24, 2.45) is 0 Å². The third kappa shape index (κ3) is 3.44. The first-order chi connectivity index (χ1) is 16.6. The number of aryl methyl sites for hydroxylation is 2. The van der Waals surface area contributed by atoms with Gasteiger partial charge in [-0.05, 0) is 54.7 Å². The number of anilines is 1. The first-order valence-electron chi connectivity index (χ1n) is 12.1. The lowest BCUT2D eigenvalue weighted by Crippen LogP contribution is -2.68. The van der Waals surface area contributed by atoms with Crippen LogP contribution in [0.5, 0.6) is 0 Å². The number of piperazine rings is 1. The molecule has 3 fully saturated rings. The molecule has 6 nitrogen and oxygen atoms in total. The van der Waals surface area contributed by atoms with E-state index in [0.717, 1.165) is 54.1 Å². The van der Waals surface area contributed by atoms with Crippen LogP contribution >= 0.6 is 0 Å². The Bertz CT molecular complexity index is 1380. The number of rotatable bonds is 5. The summed E-state index contributed by atoms with van der Waals surface area (Å²) in [5.74, 6) is 1.03. The number of hydrogen-bond donors (Lipinski definition) is 0. The van der Waals surface area contributed by atoms with Gasteiger partial charge in [0.2, 0.25) is 0 Å². The van der Waals surface area contributed by atoms with Gasteiger partial charge in [0, 0.05) is 55.2 Å². The molecule has 3 aliphatic heterocycles. The Labute approximate surface area is 200 Å².